The van der Waals surface area contributed by atoms with E-state index in [0.717, 1.165) is 17.2 Å². The first kappa shape index (κ1) is 11.2. The van der Waals surface area contributed by atoms with Crippen molar-refractivity contribution >= 4 is 6.08 Å². The summed E-state index contributed by atoms with van der Waals surface area (Å²) in [6, 6.07) is 6.13. The maximum absolute atomic E-state index is 5.97. The van der Waals surface area contributed by atoms with Crippen molar-refractivity contribution < 1.29 is 4.74 Å². The van der Waals surface area contributed by atoms with E-state index < -0.39 is 0 Å². The first-order valence-corrected chi connectivity index (χ1v) is 5.82. The highest BCUT2D eigenvalue weighted by atomic mass is 16.5. The minimum Gasteiger partial charge on any atom is -0.497 e. The van der Waals surface area contributed by atoms with E-state index >= 15 is 0 Å². The monoisotopic (exact) mass is 217 g/mol. The second kappa shape index (κ2) is 4.71. The summed E-state index contributed by atoms with van der Waals surface area (Å²) in [4.78, 5) is 0. The molecule has 1 aliphatic carbocycles. The van der Waals surface area contributed by atoms with E-state index in [-0.39, 0.29) is 6.04 Å². The van der Waals surface area contributed by atoms with Gasteiger partial charge in [0.1, 0.15) is 5.75 Å². The van der Waals surface area contributed by atoms with E-state index in [1.54, 1.807) is 7.11 Å². The van der Waals surface area contributed by atoms with Gasteiger partial charge in [-0.25, -0.2) is 0 Å². The second-order valence-corrected chi connectivity index (χ2v) is 4.48. The Bertz CT molecular complexity index is 392. The molecular formula is C14H19NO. The van der Waals surface area contributed by atoms with Gasteiger partial charge in [-0.15, -0.1) is 0 Å². The van der Waals surface area contributed by atoms with Crippen molar-refractivity contribution in [3.63, 3.8) is 0 Å². The number of allylic oxidation sites excluding steroid dienone is 1. The molecule has 0 radical (unpaired) electrons. The zero-order valence-corrected chi connectivity index (χ0v) is 9.94. The third kappa shape index (κ3) is 2.64. The number of ether oxygens (including phenoxy) is 1. The molecule has 1 saturated carbocycles. The van der Waals surface area contributed by atoms with Crippen LogP contribution in [0.25, 0.3) is 6.08 Å². The number of hydrogen-bond donors (Lipinski definition) is 1. The Hall–Kier alpha value is -1.28. The largest absolute Gasteiger partial charge is 0.497 e. The molecule has 0 bridgehead atoms. The molecule has 2 rings (SSSR count). The fourth-order valence-electron chi connectivity index (χ4n) is 1.75. The van der Waals surface area contributed by atoms with Crippen LogP contribution in [0.2, 0.25) is 0 Å². The molecular weight excluding hydrogens is 198 g/mol. The van der Waals surface area contributed by atoms with Crippen LogP contribution in [0.15, 0.2) is 24.3 Å². The average molecular weight is 217 g/mol. The molecule has 0 amide bonds. The Balaban J connectivity index is 2.27. The van der Waals surface area contributed by atoms with Crippen LogP contribution in [-0.2, 0) is 0 Å². The summed E-state index contributed by atoms with van der Waals surface area (Å²) in [5.74, 6) is 1.67. The number of rotatable bonds is 4. The van der Waals surface area contributed by atoms with Gasteiger partial charge in [0.15, 0.2) is 0 Å². The number of nitrogens with two attached hydrogens (primary N) is 1. The normalized spacial score (nSPS) is 17.7. The summed E-state index contributed by atoms with van der Waals surface area (Å²) in [5, 5.41) is 0. The van der Waals surface area contributed by atoms with Gasteiger partial charge in [0.25, 0.3) is 0 Å². The zero-order chi connectivity index (χ0) is 11.5. The Morgan fingerprint density at radius 2 is 2.19 bits per heavy atom. The first-order chi connectivity index (χ1) is 7.70. The average Bonchev–Trinajstić information content (AvgIpc) is 3.09. The van der Waals surface area contributed by atoms with E-state index in [1.807, 2.05) is 19.1 Å². The van der Waals surface area contributed by atoms with E-state index in [2.05, 4.69) is 18.2 Å². The van der Waals surface area contributed by atoms with E-state index in [9.17, 15) is 0 Å². The smallest absolute Gasteiger partial charge is 0.119 e. The van der Waals surface area contributed by atoms with Crippen LogP contribution in [-0.4, -0.2) is 7.11 Å². The third-order valence-electron chi connectivity index (χ3n) is 2.95. The Morgan fingerprint density at radius 3 is 2.75 bits per heavy atom. The number of methoxy groups -OCH3 is 1. The van der Waals surface area contributed by atoms with E-state index in [4.69, 9.17) is 10.5 Å². The molecule has 0 aromatic heterocycles. The van der Waals surface area contributed by atoms with Crippen molar-refractivity contribution in [1.82, 2.24) is 0 Å². The number of benzene rings is 1. The van der Waals surface area contributed by atoms with Crippen molar-refractivity contribution in [2.75, 3.05) is 7.11 Å². The van der Waals surface area contributed by atoms with Crippen LogP contribution < -0.4 is 10.5 Å². The molecule has 16 heavy (non-hydrogen) atoms. The minimum absolute atomic E-state index is 0.0361. The summed E-state index contributed by atoms with van der Waals surface area (Å²) in [5.41, 5.74) is 8.33. The van der Waals surface area contributed by atoms with Crippen molar-refractivity contribution in [3.05, 3.63) is 35.4 Å². The fraction of sp³-hybridized carbons (Fsp3) is 0.429. The molecule has 1 fully saturated rings. The molecule has 0 saturated heterocycles. The van der Waals surface area contributed by atoms with E-state index in [1.165, 1.54) is 18.4 Å². The van der Waals surface area contributed by atoms with Gasteiger partial charge in [0, 0.05) is 6.04 Å². The molecule has 2 N–H and O–H groups in total. The van der Waals surface area contributed by atoms with Gasteiger partial charge < -0.3 is 10.5 Å². The molecule has 0 aliphatic heterocycles. The molecule has 86 valence electrons. The summed E-state index contributed by atoms with van der Waals surface area (Å²) in [7, 11) is 1.68. The maximum Gasteiger partial charge on any atom is 0.119 e. The molecule has 2 heteroatoms. The van der Waals surface area contributed by atoms with Gasteiger partial charge in [-0.05, 0) is 48.9 Å². The third-order valence-corrected chi connectivity index (χ3v) is 2.95. The summed E-state index contributed by atoms with van der Waals surface area (Å²) in [6.07, 6.45) is 7.14. The van der Waals surface area contributed by atoms with Crippen molar-refractivity contribution in [2.45, 2.75) is 25.8 Å². The molecule has 0 spiro atoms. The zero-order valence-electron chi connectivity index (χ0n) is 9.94. The van der Waals surface area contributed by atoms with Gasteiger partial charge in [0.2, 0.25) is 0 Å². The highest BCUT2D eigenvalue weighted by Crippen LogP contribution is 2.32. The van der Waals surface area contributed by atoms with Crippen LogP contribution in [0.4, 0.5) is 0 Å². The quantitative estimate of drug-likeness (QED) is 0.841. The molecule has 0 unspecified atom stereocenters. The molecule has 1 aromatic rings. The van der Waals surface area contributed by atoms with Crippen molar-refractivity contribution in [1.29, 1.82) is 0 Å². The fourth-order valence-corrected chi connectivity index (χ4v) is 1.75. The highest BCUT2D eigenvalue weighted by Gasteiger charge is 2.17. The molecule has 1 aliphatic rings. The molecule has 0 heterocycles. The lowest BCUT2D eigenvalue weighted by atomic mass is 10.0. The summed E-state index contributed by atoms with van der Waals surface area (Å²) < 4.78 is 5.22. The van der Waals surface area contributed by atoms with E-state index in [0.29, 0.717) is 0 Å². The molecule has 2 nitrogen and oxygen atoms in total. The predicted molar refractivity (Wildman–Crippen MR) is 67.4 cm³/mol. The first-order valence-electron chi connectivity index (χ1n) is 5.82. The Kier molecular flexibility index (Phi) is 3.30. The SMILES string of the molecule is COc1ccc(/C=C/C2CC2)c([C@@H](C)N)c1. The maximum atomic E-state index is 5.97. The second-order valence-electron chi connectivity index (χ2n) is 4.48. The lowest BCUT2D eigenvalue weighted by molar-refractivity contribution is 0.414. The topological polar surface area (TPSA) is 35.2 Å². The summed E-state index contributed by atoms with van der Waals surface area (Å²) >= 11 is 0. The van der Waals surface area contributed by atoms with Gasteiger partial charge in [-0.3, -0.25) is 0 Å². The molecule has 1 aromatic carbocycles. The highest BCUT2D eigenvalue weighted by molar-refractivity contribution is 5.57. The lowest BCUT2D eigenvalue weighted by Gasteiger charge is -2.11. The van der Waals surface area contributed by atoms with Gasteiger partial charge >= 0.3 is 0 Å². The van der Waals surface area contributed by atoms with Crippen LogP contribution in [0, 0.1) is 5.92 Å². The van der Waals surface area contributed by atoms with Gasteiger partial charge in [-0.1, -0.05) is 18.2 Å². The molecule has 1 atom stereocenters. The van der Waals surface area contributed by atoms with Crippen LogP contribution in [0.3, 0.4) is 0 Å². The predicted octanol–water partition coefficient (Wildman–Crippen LogP) is 3.14. The van der Waals surface area contributed by atoms with Crippen molar-refractivity contribution in [2.24, 2.45) is 11.7 Å². The lowest BCUT2D eigenvalue weighted by Crippen LogP contribution is -2.07. The van der Waals surface area contributed by atoms with Gasteiger partial charge in [-0.2, -0.15) is 0 Å². The van der Waals surface area contributed by atoms with Crippen LogP contribution in [0.5, 0.6) is 5.75 Å². The van der Waals surface area contributed by atoms with Gasteiger partial charge in [0.05, 0.1) is 7.11 Å². The Labute approximate surface area is 97.1 Å². The van der Waals surface area contributed by atoms with Crippen LogP contribution >= 0.6 is 0 Å². The van der Waals surface area contributed by atoms with Crippen LogP contribution in [0.1, 0.15) is 36.9 Å². The Morgan fingerprint density at radius 1 is 1.44 bits per heavy atom. The van der Waals surface area contributed by atoms with Crippen molar-refractivity contribution in [3.8, 4) is 5.75 Å². The number of hydrogen-bond acceptors (Lipinski definition) is 2. The summed E-state index contributed by atoms with van der Waals surface area (Å²) in [6.45, 7) is 2.00. The standard InChI is InChI=1S/C14H19NO/c1-10(15)14-9-13(16-2)8-7-12(14)6-5-11-3-4-11/h5-11H,3-4,15H2,1-2H3/b6-5+/t10-/m1/s1. The minimum atomic E-state index is 0.0361.